The van der Waals surface area contributed by atoms with Crippen LogP contribution < -0.4 is 10.2 Å². The molecule has 0 amide bonds. The minimum absolute atomic E-state index is 0.0337. The number of pyridine rings is 1. The van der Waals surface area contributed by atoms with E-state index in [2.05, 4.69) is 0 Å². The highest BCUT2D eigenvalue weighted by atomic mass is 19.1. The fourth-order valence-corrected chi connectivity index (χ4v) is 3.67. The average Bonchev–Trinajstić information content (AvgIpc) is 2.81. The van der Waals surface area contributed by atoms with Crippen LogP contribution in [-0.4, -0.2) is 28.9 Å². The van der Waals surface area contributed by atoms with Gasteiger partial charge in [-0.1, -0.05) is 36.4 Å². The molecular formula is C26H27F2NO5. The van der Waals surface area contributed by atoms with E-state index in [0.29, 0.717) is 24.0 Å². The van der Waals surface area contributed by atoms with E-state index >= 15 is 0 Å². The maximum Gasteiger partial charge on any atom is 0.358 e. The molecule has 8 heteroatoms. The molecule has 2 aromatic carbocycles. The van der Waals surface area contributed by atoms with E-state index in [9.17, 15) is 23.5 Å². The molecule has 0 spiro atoms. The maximum atomic E-state index is 14.0. The summed E-state index contributed by atoms with van der Waals surface area (Å²) in [4.78, 5) is 25.9. The molecule has 0 radical (unpaired) electrons. The van der Waals surface area contributed by atoms with Crippen LogP contribution in [0.15, 0.2) is 59.5 Å². The molecule has 6 nitrogen and oxygen atoms in total. The summed E-state index contributed by atoms with van der Waals surface area (Å²) < 4.78 is 39.3. The molecule has 3 aromatic rings. The summed E-state index contributed by atoms with van der Waals surface area (Å²) >= 11 is 0. The Balaban J connectivity index is 1.94. The number of carbonyl (C=O) groups is 1. The molecule has 180 valence electrons. The summed E-state index contributed by atoms with van der Waals surface area (Å²) in [5, 5.41) is 9.96. The zero-order valence-corrected chi connectivity index (χ0v) is 19.1. The summed E-state index contributed by atoms with van der Waals surface area (Å²) in [5.74, 6) is -2.22. The van der Waals surface area contributed by atoms with E-state index in [4.69, 9.17) is 9.47 Å². The average molecular weight is 472 g/mol. The van der Waals surface area contributed by atoms with Crippen molar-refractivity contribution in [2.75, 3.05) is 7.11 Å². The van der Waals surface area contributed by atoms with Gasteiger partial charge in [0.1, 0.15) is 18.2 Å². The van der Waals surface area contributed by atoms with Gasteiger partial charge in [-0.05, 0) is 43.4 Å². The van der Waals surface area contributed by atoms with Crippen LogP contribution in [0, 0.1) is 11.6 Å². The smallest absolute Gasteiger partial charge is 0.358 e. The van der Waals surface area contributed by atoms with Crippen molar-refractivity contribution in [3.05, 3.63) is 99.0 Å². The number of ether oxygens (including phenoxy) is 2. The number of benzene rings is 2. The van der Waals surface area contributed by atoms with Crippen LogP contribution in [0.5, 0.6) is 5.75 Å². The lowest BCUT2D eigenvalue weighted by atomic mass is 10.0. The first-order valence-corrected chi connectivity index (χ1v) is 10.9. The van der Waals surface area contributed by atoms with Crippen molar-refractivity contribution in [1.29, 1.82) is 0 Å². The van der Waals surface area contributed by atoms with Gasteiger partial charge in [0.05, 0.1) is 13.2 Å². The van der Waals surface area contributed by atoms with Gasteiger partial charge in [0.2, 0.25) is 5.43 Å². The van der Waals surface area contributed by atoms with Gasteiger partial charge in [0.25, 0.3) is 0 Å². The number of esters is 1. The second kappa shape index (κ2) is 11.6. The van der Waals surface area contributed by atoms with Crippen LogP contribution in [0.4, 0.5) is 8.78 Å². The topological polar surface area (TPSA) is 77.8 Å². The minimum Gasteiger partial charge on any atom is -0.482 e. The monoisotopic (exact) mass is 471 g/mol. The number of hydrogen-bond donors (Lipinski definition) is 1. The Morgan fingerprint density at radius 2 is 1.79 bits per heavy atom. The van der Waals surface area contributed by atoms with Crippen molar-refractivity contribution in [1.82, 2.24) is 4.57 Å². The van der Waals surface area contributed by atoms with Crippen LogP contribution in [0.1, 0.15) is 40.5 Å². The second-order valence-electron chi connectivity index (χ2n) is 8.02. The largest absolute Gasteiger partial charge is 0.482 e. The number of aliphatic hydroxyl groups excluding tert-OH is 1. The molecule has 1 unspecified atom stereocenters. The molecule has 0 saturated heterocycles. The first-order chi connectivity index (χ1) is 16.3. The molecule has 1 atom stereocenters. The van der Waals surface area contributed by atoms with Crippen LogP contribution >= 0.6 is 0 Å². The lowest BCUT2D eigenvalue weighted by Gasteiger charge is -2.19. The Morgan fingerprint density at radius 1 is 1.09 bits per heavy atom. The van der Waals surface area contributed by atoms with E-state index in [1.165, 1.54) is 30.0 Å². The summed E-state index contributed by atoms with van der Waals surface area (Å²) in [7, 11) is 1.20. The van der Waals surface area contributed by atoms with Crippen LogP contribution in [0.25, 0.3) is 0 Å². The molecule has 0 aliphatic heterocycles. The number of aromatic nitrogens is 1. The molecule has 1 aromatic heterocycles. The van der Waals surface area contributed by atoms with Crippen molar-refractivity contribution in [2.24, 2.45) is 0 Å². The number of carbonyl (C=O) groups excluding carboxylic acids is 1. The number of aryl methyl sites for hydroxylation is 2. The standard InChI is InChI=1S/C26H27F2NO5/c1-17(30)14-29-15-20(10-6-9-19-11-12-21(27)13-22(19)28)24(31)25(23(29)26(32)33-2)34-16-18-7-4-3-5-8-18/h3-5,7-8,11-13,15,17,30H,6,9-10,14,16H2,1-2H3. The summed E-state index contributed by atoms with van der Waals surface area (Å²) in [5.41, 5.74) is 0.934. The van der Waals surface area contributed by atoms with E-state index in [-0.39, 0.29) is 31.0 Å². The van der Waals surface area contributed by atoms with Crippen molar-refractivity contribution in [3.63, 3.8) is 0 Å². The van der Waals surface area contributed by atoms with Gasteiger partial charge in [-0.3, -0.25) is 4.79 Å². The molecule has 0 fully saturated rings. The van der Waals surface area contributed by atoms with Gasteiger partial charge in [-0.25, -0.2) is 13.6 Å². The van der Waals surface area contributed by atoms with E-state index < -0.39 is 29.1 Å². The number of aliphatic hydroxyl groups is 1. The highest BCUT2D eigenvalue weighted by Crippen LogP contribution is 2.20. The normalized spacial score (nSPS) is 11.8. The molecular weight excluding hydrogens is 444 g/mol. The Labute approximate surface area is 196 Å². The van der Waals surface area contributed by atoms with Gasteiger partial charge in [-0.2, -0.15) is 0 Å². The van der Waals surface area contributed by atoms with Gasteiger partial charge in [0, 0.05) is 24.4 Å². The molecule has 0 aliphatic rings. The van der Waals surface area contributed by atoms with Crippen molar-refractivity contribution in [3.8, 4) is 5.75 Å². The molecule has 3 rings (SSSR count). The minimum atomic E-state index is -0.811. The number of halogens is 2. The highest BCUT2D eigenvalue weighted by molar-refractivity contribution is 5.90. The molecule has 0 aliphatic carbocycles. The third-order valence-corrected chi connectivity index (χ3v) is 5.28. The Morgan fingerprint density at radius 3 is 2.44 bits per heavy atom. The van der Waals surface area contributed by atoms with Gasteiger partial charge < -0.3 is 19.1 Å². The Bertz CT molecular complexity index is 1190. The summed E-state index contributed by atoms with van der Waals surface area (Å²) in [6, 6.07) is 12.6. The maximum absolute atomic E-state index is 14.0. The van der Waals surface area contributed by atoms with Gasteiger partial charge in [-0.15, -0.1) is 0 Å². The quantitative estimate of drug-likeness (QED) is 0.452. The van der Waals surface area contributed by atoms with Crippen LogP contribution in [-0.2, 0) is 30.7 Å². The zero-order valence-electron chi connectivity index (χ0n) is 19.1. The fourth-order valence-electron chi connectivity index (χ4n) is 3.67. The van der Waals surface area contributed by atoms with E-state index in [0.717, 1.165) is 11.6 Å². The Kier molecular flexibility index (Phi) is 8.54. The molecule has 1 N–H and O–H groups in total. The fraction of sp³-hybridized carbons (Fsp3) is 0.308. The molecule has 0 saturated carbocycles. The van der Waals surface area contributed by atoms with E-state index in [1.807, 2.05) is 30.3 Å². The van der Waals surface area contributed by atoms with Crippen molar-refractivity contribution < 1.29 is 28.2 Å². The highest BCUT2D eigenvalue weighted by Gasteiger charge is 2.24. The van der Waals surface area contributed by atoms with Crippen LogP contribution in [0.3, 0.4) is 0 Å². The number of hydrogen-bond acceptors (Lipinski definition) is 5. The molecule has 0 bridgehead atoms. The zero-order chi connectivity index (χ0) is 24.7. The van der Waals surface area contributed by atoms with Crippen molar-refractivity contribution in [2.45, 2.75) is 45.4 Å². The first-order valence-electron chi connectivity index (χ1n) is 10.9. The Hall–Kier alpha value is -3.52. The van der Waals surface area contributed by atoms with Crippen LogP contribution in [0.2, 0.25) is 0 Å². The molecule has 1 heterocycles. The number of rotatable bonds is 10. The first kappa shape index (κ1) is 25.1. The third kappa shape index (κ3) is 6.29. The SMILES string of the molecule is COC(=O)c1c(OCc2ccccc2)c(=O)c(CCCc2ccc(F)cc2F)cn1CC(C)O. The molecule has 34 heavy (non-hydrogen) atoms. The van der Waals surface area contributed by atoms with Gasteiger partial charge >= 0.3 is 5.97 Å². The predicted molar refractivity (Wildman–Crippen MR) is 123 cm³/mol. The summed E-state index contributed by atoms with van der Waals surface area (Å²) in [6.07, 6.45) is 1.65. The van der Waals surface area contributed by atoms with Gasteiger partial charge in [0.15, 0.2) is 11.4 Å². The number of nitrogens with zero attached hydrogens (tertiary/aromatic N) is 1. The number of methoxy groups -OCH3 is 1. The summed E-state index contributed by atoms with van der Waals surface area (Å²) in [6.45, 7) is 1.64. The lowest BCUT2D eigenvalue weighted by molar-refractivity contribution is 0.0576. The van der Waals surface area contributed by atoms with Crippen molar-refractivity contribution >= 4 is 5.97 Å². The predicted octanol–water partition coefficient (Wildman–Crippen LogP) is 4.05. The second-order valence-corrected chi connectivity index (χ2v) is 8.02. The third-order valence-electron chi connectivity index (χ3n) is 5.28. The van der Waals surface area contributed by atoms with E-state index in [1.54, 1.807) is 6.92 Å². The lowest BCUT2D eigenvalue weighted by Crippen LogP contribution is -2.27.